The van der Waals surface area contributed by atoms with Gasteiger partial charge in [0.2, 0.25) is 17.7 Å². The third kappa shape index (κ3) is 9.44. The van der Waals surface area contributed by atoms with Gasteiger partial charge in [0.25, 0.3) is 5.91 Å². The van der Waals surface area contributed by atoms with Crippen molar-refractivity contribution >= 4 is 23.2 Å². The van der Waals surface area contributed by atoms with E-state index >= 15 is 0 Å². The lowest BCUT2D eigenvalue weighted by Gasteiger charge is -2.22. The monoisotopic (exact) mass is 550 g/mol. The first kappa shape index (κ1) is 29.7. The smallest absolute Gasteiger partial charge is 0.262 e. The number of hydrogen-bond donors (Lipinski definition) is 1. The maximum absolute atomic E-state index is 12.8. The number of aryl methyl sites for hydroxylation is 2. The lowest BCUT2D eigenvalue weighted by atomic mass is 10.1. The maximum Gasteiger partial charge on any atom is 0.262 e. The molecule has 7 nitrogen and oxygen atoms in total. The molecule has 39 heavy (non-hydrogen) atoms. The summed E-state index contributed by atoms with van der Waals surface area (Å²) in [6, 6.07) is 17.8. The second-order valence-electron chi connectivity index (χ2n) is 9.67. The summed E-state index contributed by atoms with van der Waals surface area (Å²) in [6.07, 6.45) is 0.987. The molecule has 0 saturated heterocycles. The van der Waals surface area contributed by atoms with Crippen molar-refractivity contribution < 1.29 is 18.4 Å². The zero-order chi connectivity index (χ0) is 28.4. The highest BCUT2D eigenvalue weighted by molar-refractivity contribution is 7.14. The van der Waals surface area contributed by atoms with E-state index in [1.54, 1.807) is 24.0 Å². The molecule has 4 rings (SSSR count). The Morgan fingerprint density at radius 3 is 2.33 bits per heavy atom. The molecule has 0 aliphatic heterocycles. The number of rotatable bonds is 9. The molecular formula is C30H35FN4O3S. The van der Waals surface area contributed by atoms with Crippen LogP contribution >= 0.6 is 11.3 Å². The van der Waals surface area contributed by atoms with E-state index in [1.165, 1.54) is 23.5 Å². The van der Waals surface area contributed by atoms with Gasteiger partial charge in [-0.05, 0) is 67.6 Å². The van der Waals surface area contributed by atoms with Crippen LogP contribution in [0.2, 0.25) is 0 Å². The van der Waals surface area contributed by atoms with Crippen molar-refractivity contribution in [2.24, 2.45) is 5.92 Å². The van der Waals surface area contributed by atoms with E-state index in [1.807, 2.05) is 50.2 Å². The first-order valence-electron chi connectivity index (χ1n) is 12.9. The van der Waals surface area contributed by atoms with Gasteiger partial charge in [0, 0.05) is 30.5 Å². The average molecular weight is 551 g/mol. The molecule has 2 amide bonds. The standard InChI is InChI=1S/C16H15N3O2S.C14H20FNO/c1-10-8-11(2)22-14(10)15(20)17-9-13-18-19-16(21-13)12-6-4-3-5-7-12;1-11(2)8-9-16(12(3)17)10-13-4-6-14(15)7-5-13/h3-8H,9H2,1-2H3,(H,17,20);4-7,11H,8-10H2,1-3H3. The highest BCUT2D eigenvalue weighted by atomic mass is 32.1. The van der Waals surface area contributed by atoms with Crippen LogP contribution < -0.4 is 5.32 Å². The van der Waals surface area contributed by atoms with Crippen LogP contribution in [0.15, 0.2) is 65.1 Å². The summed E-state index contributed by atoms with van der Waals surface area (Å²) >= 11 is 1.48. The van der Waals surface area contributed by atoms with E-state index in [9.17, 15) is 14.0 Å². The number of carbonyl (C=O) groups excluding carboxylic acids is 2. The van der Waals surface area contributed by atoms with Gasteiger partial charge in [-0.1, -0.05) is 44.2 Å². The highest BCUT2D eigenvalue weighted by Crippen LogP contribution is 2.21. The lowest BCUT2D eigenvalue weighted by Crippen LogP contribution is -2.29. The van der Waals surface area contributed by atoms with Crippen molar-refractivity contribution in [3.8, 4) is 11.5 Å². The Bertz CT molecular complexity index is 1350. The Hall–Kier alpha value is -3.85. The fourth-order valence-electron chi connectivity index (χ4n) is 3.70. The van der Waals surface area contributed by atoms with Crippen molar-refractivity contribution in [2.45, 2.75) is 54.1 Å². The van der Waals surface area contributed by atoms with Crippen LogP contribution in [-0.4, -0.2) is 33.5 Å². The van der Waals surface area contributed by atoms with Gasteiger partial charge in [-0.2, -0.15) is 0 Å². The van der Waals surface area contributed by atoms with E-state index in [2.05, 4.69) is 29.4 Å². The molecule has 0 spiro atoms. The Balaban J connectivity index is 0.000000224. The molecule has 2 aromatic heterocycles. The summed E-state index contributed by atoms with van der Waals surface area (Å²) in [4.78, 5) is 27.3. The van der Waals surface area contributed by atoms with E-state index in [0.717, 1.165) is 39.4 Å². The molecule has 2 aromatic carbocycles. The number of nitrogens with one attached hydrogen (secondary N) is 1. The molecule has 0 bridgehead atoms. The molecule has 1 N–H and O–H groups in total. The van der Waals surface area contributed by atoms with Crippen molar-refractivity contribution in [3.05, 3.63) is 93.3 Å². The fraction of sp³-hybridized carbons (Fsp3) is 0.333. The van der Waals surface area contributed by atoms with E-state index in [-0.39, 0.29) is 24.2 Å². The van der Waals surface area contributed by atoms with Crippen molar-refractivity contribution in [1.82, 2.24) is 20.4 Å². The molecule has 4 aromatic rings. The summed E-state index contributed by atoms with van der Waals surface area (Å²) in [5.41, 5.74) is 2.80. The number of carbonyl (C=O) groups is 2. The minimum absolute atomic E-state index is 0.0648. The van der Waals surface area contributed by atoms with Crippen LogP contribution in [-0.2, 0) is 17.9 Å². The van der Waals surface area contributed by atoms with Crippen LogP contribution in [0.4, 0.5) is 4.39 Å². The van der Waals surface area contributed by atoms with Gasteiger partial charge in [0.05, 0.1) is 11.4 Å². The van der Waals surface area contributed by atoms with Gasteiger partial charge in [0.15, 0.2) is 0 Å². The van der Waals surface area contributed by atoms with Crippen LogP contribution in [0.25, 0.3) is 11.5 Å². The highest BCUT2D eigenvalue weighted by Gasteiger charge is 2.14. The molecule has 0 fully saturated rings. The quantitative estimate of drug-likeness (QED) is 0.255. The molecule has 2 heterocycles. The molecule has 0 atom stereocenters. The maximum atomic E-state index is 12.8. The Morgan fingerprint density at radius 1 is 1.05 bits per heavy atom. The normalized spacial score (nSPS) is 10.6. The summed E-state index contributed by atoms with van der Waals surface area (Å²) in [7, 11) is 0. The zero-order valence-corrected chi connectivity index (χ0v) is 23.8. The minimum Gasteiger partial charge on any atom is -0.419 e. The molecule has 0 saturated carbocycles. The summed E-state index contributed by atoms with van der Waals surface area (Å²) in [5, 5.41) is 10.8. The van der Waals surface area contributed by atoms with Gasteiger partial charge < -0.3 is 14.6 Å². The van der Waals surface area contributed by atoms with Gasteiger partial charge >= 0.3 is 0 Å². The summed E-state index contributed by atoms with van der Waals surface area (Å²) in [5.74, 6) is 1.12. The van der Waals surface area contributed by atoms with Gasteiger partial charge in [-0.15, -0.1) is 21.5 Å². The second kappa shape index (κ2) is 14.3. The predicted molar refractivity (Wildman–Crippen MR) is 152 cm³/mol. The Morgan fingerprint density at radius 2 is 1.74 bits per heavy atom. The third-order valence-corrected chi connectivity index (χ3v) is 6.99. The molecule has 0 aliphatic rings. The fourth-order valence-corrected chi connectivity index (χ4v) is 4.64. The van der Waals surface area contributed by atoms with Crippen molar-refractivity contribution in [3.63, 3.8) is 0 Å². The van der Waals surface area contributed by atoms with Crippen LogP contribution in [0.1, 0.15) is 58.8 Å². The Labute approximate surface area is 233 Å². The number of benzene rings is 2. The van der Waals surface area contributed by atoms with Crippen LogP contribution in [0.3, 0.4) is 0 Å². The average Bonchev–Trinajstić information content (AvgIpc) is 3.52. The number of amides is 2. The van der Waals surface area contributed by atoms with E-state index in [4.69, 9.17) is 4.42 Å². The lowest BCUT2D eigenvalue weighted by molar-refractivity contribution is -0.129. The van der Waals surface area contributed by atoms with Crippen LogP contribution in [0, 0.1) is 25.6 Å². The topological polar surface area (TPSA) is 88.3 Å². The SMILES string of the molecule is CC(=O)N(CCC(C)C)Cc1ccc(F)cc1.Cc1cc(C)c(C(=O)NCc2nnc(-c3ccccc3)o2)s1. The number of halogens is 1. The number of hydrogen-bond acceptors (Lipinski definition) is 6. The van der Waals surface area contributed by atoms with Gasteiger partial charge in [-0.25, -0.2) is 4.39 Å². The van der Waals surface area contributed by atoms with Crippen molar-refractivity contribution in [1.29, 1.82) is 0 Å². The number of thiophene rings is 1. The molecule has 0 aliphatic carbocycles. The molecular weight excluding hydrogens is 515 g/mol. The summed E-state index contributed by atoms with van der Waals surface area (Å²) < 4.78 is 18.3. The predicted octanol–water partition coefficient (Wildman–Crippen LogP) is 6.57. The zero-order valence-electron chi connectivity index (χ0n) is 23.0. The van der Waals surface area contributed by atoms with E-state index < -0.39 is 0 Å². The number of aromatic nitrogens is 2. The molecule has 206 valence electrons. The molecule has 0 radical (unpaired) electrons. The van der Waals surface area contributed by atoms with Crippen LogP contribution in [0.5, 0.6) is 0 Å². The molecule has 9 heteroatoms. The van der Waals surface area contributed by atoms with Gasteiger partial charge in [-0.3, -0.25) is 9.59 Å². The third-order valence-electron chi connectivity index (χ3n) is 5.84. The van der Waals surface area contributed by atoms with Gasteiger partial charge in [0.1, 0.15) is 5.82 Å². The summed E-state index contributed by atoms with van der Waals surface area (Å²) in [6.45, 7) is 11.3. The number of nitrogens with zero attached hydrogens (tertiary/aromatic N) is 3. The van der Waals surface area contributed by atoms with E-state index in [0.29, 0.717) is 24.2 Å². The second-order valence-corrected chi connectivity index (χ2v) is 10.9. The Kier molecular flexibility index (Phi) is 10.9. The molecule has 0 unspecified atom stereocenters. The largest absolute Gasteiger partial charge is 0.419 e. The minimum atomic E-state index is -0.245. The first-order valence-corrected chi connectivity index (χ1v) is 13.7. The van der Waals surface area contributed by atoms with Crippen molar-refractivity contribution in [2.75, 3.05) is 6.54 Å². The first-order chi connectivity index (χ1) is 18.6.